The molecular formula is C46H84O5. The lowest BCUT2D eigenvalue weighted by Gasteiger charge is -2.70. The van der Waals surface area contributed by atoms with E-state index in [2.05, 4.69) is 41.5 Å². The molecule has 4 aliphatic carbocycles. The van der Waals surface area contributed by atoms with Crippen LogP contribution < -0.4 is 0 Å². The van der Waals surface area contributed by atoms with Gasteiger partial charge in [-0.25, -0.2) is 0 Å². The Morgan fingerprint density at radius 1 is 0.686 bits per heavy atom. The molecule has 5 heteroatoms. The van der Waals surface area contributed by atoms with Gasteiger partial charge in [0, 0.05) is 11.8 Å². The molecule has 0 bridgehead atoms. The van der Waals surface area contributed by atoms with Gasteiger partial charge in [-0.2, -0.15) is 0 Å². The van der Waals surface area contributed by atoms with Crippen molar-refractivity contribution in [1.29, 1.82) is 0 Å². The number of esters is 1. The normalized spacial score (nSPS) is 37.3. The van der Waals surface area contributed by atoms with E-state index in [0.717, 1.165) is 64.2 Å². The maximum Gasteiger partial charge on any atom is 0.306 e. The van der Waals surface area contributed by atoms with Gasteiger partial charge < -0.3 is 20.1 Å². The first-order valence-electron chi connectivity index (χ1n) is 22.2. The van der Waals surface area contributed by atoms with Crippen molar-refractivity contribution in [1.82, 2.24) is 0 Å². The van der Waals surface area contributed by atoms with E-state index in [1.54, 1.807) is 0 Å². The molecule has 5 nitrogen and oxygen atoms in total. The first-order valence-corrected chi connectivity index (χ1v) is 22.2. The van der Waals surface area contributed by atoms with Crippen molar-refractivity contribution in [2.24, 2.45) is 45.3 Å². The van der Waals surface area contributed by atoms with Gasteiger partial charge in [0.1, 0.15) is 6.10 Å². The van der Waals surface area contributed by atoms with E-state index in [-0.39, 0.29) is 45.6 Å². The van der Waals surface area contributed by atoms with E-state index >= 15 is 0 Å². The molecule has 298 valence electrons. The highest BCUT2D eigenvalue weighted by Crippen LogP contribution is 2.76. The monoisotopic (exact) mass is 717 g/mol. The largest absolute Gasteiger partial charge is 0.462 e. The van der Waals surface area contributed by atoms with Gasteiger partial charge in [0.05, 0.1) is 17.3 Å². The summed E-state index contributed by atoms with van der Waals surface area (Å²) in [5.74, 6) is 1.01. The molecule has 0 aliphatic heterocycles. The third-order valence-corrected chi connectivity index (χ3v) is 16.4. The average molecular weight is 717 g/mol. The van der Waals surface area contributed by atoms with Gasteiger partial charge >= 0.3 is 5.97 Å². The van der Waals surface area contributed by atoms with Crippen LogP contribution in [0.5, 0.6) is 0 Å². The molecule has 0 radical (unpaired) electrons. The van der Waals surface area contributed by atoms with E-state index in [0.29, 0.717) is 31.1 Å². The van der Waals surface area contributed by atoms with Crippen LogP contribution in [0.1, 0.15) is 216 Å². The Balaban J connectivity index is 1.28. The summed E-state index contributed by atoms with van der Waals surface area (Å²) in [4.78, 5) is 13.2. The second-order valence-corrected chi connectivity index (χ2v) is 20.8. The number of aliphatic hydroxyl groups is 3. The van der Waals surface area contributed by atoms with Crippen molar-refractivity contribution in [3.05, 3.63) is 0 Å². The van der Waals surface area contributed by atoms with Gasteiger partial charge in [-0.05, 0) is 131 Å². The number of fused-ring (bicyclic) bond motifs is 5. The van der Waals surface area contributed by atoms with Crippen LogP contribution in [0, 0.1) is 45.3 Å². The maximum atomic E-state index is 13.2. The van der Waals surface area contributed by atoms with Crippen molar-refractivity contribution in [2.75, 3.05) is 0 Å². The molecule has 51 heavy (non-hydrogen) atoms. The molecule has 0 unspecified atom stereocenters. The van der Waals surface area contributed by atoms with Gasteiger partial charge in [-0.1, -0.05) is 119 Å². The molecule has 0 aromatic carbocycles. The van der Waals surface area contributed by atoms with E-state index in [1.165, 1.54) is 70.6 Å². The molecule has 10 atom stereocenters. The number of carbonyl (C=O) groups is 1. The molecule has 0 heterocycles. The zero-order valence-electron chi connectivity index (χ0n) is 35.1. The van der Waals surface area contributed by atoms with Crippen molar-refractivity contribution >= 4 is 5.97 Å². The van der Waals surface area contributed by atoms with Crippen LogP contribution >= 0.6 is 0 Å². The fourth-order valence-corrected chi connectivity index (χ4v) is 13.2. The van der Waals surface area contributed by atoms with Gasteiger partial charge in [0.2, 0.25) is 0 Å². The Kier molecular flexibility index (Phi) is 14.7. The molecule has 0 amide bonds. The third kappa shape index (κ3) is 9.60. The van der Waals surface area contributed by atoms with Crippen molar-refractivity contribution in [3.63, 3.8) is 0 Å². The van der Waals surface area contributed by atoms with Gasteiger partial charge in [-0.3, -0.25) is 4.79 Å². The lowest BCUT2D eigenvalue weighted by Crippen LogP contribution is -2.66. The topological polar surface area (TPSA) is 87.0 Å². The van der Waals surface area contributed by atoms with E-state index in [1.807, 2.05) is 20.8 Å². The SMILES string of the molecule is CCCCCCCCCCCCCCCC(=O)O[C@H]1CC[C@]2(C)[C@H]3C[C@@H](O)[C@@H]4[C@@H]([C@](C)(O)CCCC(C)(C)O)CC[C@@]4(C)[C@]3(C)CC[C@H]2C1(C)C. The fraction of sp³-hybridized carbons (Fsp3) is 0.978. The summed E-state index contributed by atoms with van der Waals surface area (Å²) in [5, 5.41) is 34.3. The summed E-state index contributed by atoms with van der Waals surface area (Å²) in [6.45, 7) is 20.2. The first-order chi connectivity index (χ1) is 23.8. The van der Waals surface area contributed by atoms with Crippen LogP contribution in [0.3, 0.4) is 0 Å². The summed E-state index contributed by atoms with van der Waals surface area (Å²) in [6, 6.07) is 0. The second-order valence-electron chi connectivity index (χ2n) is 20.8. The van der Waals surface area contributed by atoms with E-state index in [4.69, 9.17) is 4.74 Å². The lowest BCUT2D eigenvalue weighted by molar-refractivity contribution is -0.249. The van der Waals surface area contributed by atoms with Crippen molar-refractivity contribution in [2.45, 2.75) is 240 Å². The van der Waals surface area contributed by atoms with E-state index in [9.17, 15) is 20.1 Å². The number of aliphatic hydroxyl groups excluding tert-OH is 1. The maximum absolute atomic E-state index is 13.2. The number of hydrogen-bond donors (Lipinski definition) is 3. The first kappa shape index (κ1) is 43.1. The smallest absolute Gasteiger partial charge is 0.306 e. The highest BCUT2D eigenvalue weighted by atomic mass is 16.5. The molecule has 4 fully saturated rings. The van der Waals surface area contributed by atoms with Crippen LogP contribution in [0.25, 0.3) is 0 Å². The minimum Gasteiger partial charge on any atom is -0.462 e. The standard InChI is InChI=1S/C46H84O5/c1-10-11-12-13-14-15-16-17-18-19-20-21-22-24-39(48)51-38-27-30-43(6)36(42(38,4)5)26-32-44(7)37(43)33-35(47)40-34(25-31-45(40,44)8)46(9,50)29-23-28-41(2,3)49/h34-38,40,47,49-50H,10-33H2,1-9H3/t34-,35+,36-,37+,38-,40-,43-,44+,45+,46+/m0/s1. The Morgan fingerprint density at radius 2 is 1.24 bits per heavy atom. The Hall–Kier alpha value is -0.650. The molecule has 0 spiro atoms. The fourth-order valence-electron chi connectivity index (χ4n) is 13.2. The van der Waals surface area contributed by atoms with Crippen LogP contribution in [0.15, 0.2) is 0 Å². The van der Waals surface area contributed by atoms with Gasteiger partial charge in [0.25, 0.3) is 0 Å². The predicted octanol–water partition coefficient (Wildman–Crippen LogP) is 11.7. The lowest BCUT2D eigenvalue weighted by atomic mass is 9.35. The molecule has 0 aromatic rings. The van der Waals surface area contributed by atoms with Crippen LogP contribution in [0.4, 0.5) is 0 Å². The molecule has 0 saturated heterocycles. The van der Waals surface area contributed by atoms with Crippen molar-refractivity contribution < 1.29 is 24.9 Å². The Bertz CT molecular complexity index is 1090. The number of ether oxygens (including phenoxy) is 1. The highest BCUT2D eigenvalue weighted by molar-refractivity contribution is 5.69. The zero-order valence-corrected chi connectivity index (χ0v) is 35.1. The molecule has 4 saturated carbocycles. The van der Waals surface area contributed by atoms with Gasteiger partial charge in [-0.15, -0.1) is 0 Å². The quantitative estimate of drug-likeness (QED) is 0.0862. The number of hydrogen-bond acceptors (Lipinski definition) is 5. The minimum atomic E-state index is -0.851. The Labute approximate surface area is 315 Å². The highest BCUT2D eigenvalue weighted by Gasteiger charge is 2.71. The number of rotatable bonds is 20. The molecule has 4 aliphatic rings. The Morgan fingerprint density at radius 3 is 1.80 bits per heavy atom. The van der Waals surface area contributed by atoms with Crippen LogP contribution in [0.2, 0.25) is 0 Å². The summed E-state index contributed by atoms with van der Waals surface area (Å²) in [7, 11) is 0. The second kappa shape index (κ2) is 17.4. The summed E-state index contributed by atoms with van der Waals surface area (Å²) in [6.07, 6.45) is 26.2. The average Bonchev–Trinajstić information content (AvgIpc) is 3.42. The van der Waals surface area contributed by atoms with Crippen LogP contribution in [-0.2, 0) is 9.53 Å². The number of unbranched alkanes of at least 4 members (excludes halogenated alkanes) is 12. The summed E-state index contributed by atoms with van der Waals surface area (Å²) < 4.78 is 6.35. The minimum absolute atomic E-state index is 0.00422. The van der Waals surface area contributed by atoms with Crippen molar-refractivity contribution in [3.8, 4) is 0 Å². The number of carbonyl (C=O) groups excluding carboxylic acids is 1. The summed E-state index contributed by atoms with van der Waals surface area (Å²) in [5.41, 5.74) is -1.54. The summed E-state index contributed by atoms with van der Waals surface area (Å²) >= 11 is 0. The van der Waals surface area contributed by atoms with Gasteiger partial charge in [0.15, 0.2) is 0 Å². The van der Waals surface area contributed by atoms with Crippen LogP contribution in [-0.4, -0.2) is 44.7 Å². The third-order valence-electron chi connectivity index (χ3n) is 16.4. The van der Waals surface area contributed by atoms with E-state index < -0.39 is 17.3 Å². The molecule has 3 N–H and O–H groups in total. The zero-order chi connectivity index (χ0) is 37.7. The predicted molar refractivity (Wildman–Crippen MR) is 211 cm³/mol. The molecular weight excluding hydrogens is 633 g/mol. The molecule has 4 rings (SSSR count). The molecule has 0 aromatic heterocycles.